The van der Waals surface area contributed by atoms with Gasteiger partial charge in [-0.25, -0.2) is 9.97 Å². The maximum absolute atomic E-state index is 9.67. The molecule has 3 heterocycles. The van der Waals surface area contributed by atoms with Crippen LogP contribution in [0.2, 0.25) is 0 Å². The Morgan fingerprint density at radius 2 is 1.74 bits per heavy atom. The van der Waals surface area contributed by atoms with Crippen LogP contribution in [0.4, 0.5) is 11.6 Å². The monoisotopic (exact) mass is 373 g/mol. The standard InChI is InChI=1S/C21H35N5O/c27-15-19-7-3-4-10-26(19)21-13-20(22-16-23-21)24-18-8-11-25(12-9-18)14-17-5-1-2-6-17/h13,16-19,27H,1-12,14-15H2,(H,22,23,24). The van der Waals surface area contributed by atoms with E-state index in [0.717, 1.165) is 30.5 Å². The lowest BCUT2D eigenvalue weighted by molar-refractivity contribution is 0.189. The fourth-order valence-corrected chi connectivity index (χ4v) is 5.10. The number of rotatable bonds is 6. The second-order valence-electron chi connectivity index (χ2n) is 8.66. The van der Waals surface area contributed by atoms with Crippen LogP contribution in [0.3, 0.4) is 0 Å². The Hall–Kier alpha value is -1.40. The van der Waals surface area contributed by atoms with Crippen molar-refractivity contribution in [3.05, 3.63) is 12.4 Å². The molecular formula is C21H35N5O. The lowest BCUT2D eigenvalue weighted by Gasteiger charge is -2.36. The molecule has 3 aliphatic rings. The Kier molecular flexibility index (Phi) is 6.45. The average Bonchev–Trinajstić information content (AvgIpc) is 3.23. The highest BCUT2D eigenvalue weighted by Gasteiger charge is 2.25. The molecule has 0 bridgehead atoms. The zero-order valence-electron chi connectivity index (χ0n) is 16.5. The smallest absolute Gasteiger partial charge is 0.134 e. The quantitative estimate of drug-likeness (QED) is 0.799. The van der Waals surface area contributed by atoms with Crippen molar-refractivity contribution in [1.29, 1.82) is 0 Å². The maximum atomic E-state index is 9.67. The van der Waals surface area contributed by atoms with Gasteiger partial charge in [-0.1, -0.05) is 12.8 Å². The van der Waals surface area contributed by atoms with Gasteiger partial charge < -0.3 is 20.2 Å². The molecule has 1 aromatic heterocycles. The predicted octanol–water partition coefficient (Wildman–Crippen LogP) is 2.89. The minimum atomic E-state index is 0.195. The van der Waals surface area contributed by atoms with E-state index in [2.05, 4.69) is 31.2 Å². The summed E-state index contributed by atoms with van der Waals surface area (Å²) in [5, 5.41) is 13.3. The molecule has 1 saturated carbocycles. The first-order valence-electron chi connectivity index (χ1n) is 11.0. The van der Waals surface area contributed by atoms with Gasteiger partial charge >= 0.3 is 0 Å². The summed E-state index contributed by atoms with van der Waals surface area (Å²) in [6, 6.07) is 2.77. The second kappa shape index (κ2) is 9.20. The van der Waals surface area contributed by atoms with E-state index in [1.807, 2.05) is 0 Å². The Morgan fingerprint density at radius 3 is 2.52 bits per heavy atom. The number of aliphatic hydroxyl groups excluding tert-OH is 1. The first-order valence-corrected chi connectivity index (χ1v) is 11.0. The largest absolute Gasteiger partial charge is 0.394 e. The molecule has 2 saturated heterocycles. The first kappa shape index (κ1) is 18.9. The number of piperidine rings is 2. The highest BCUT2D eigenvalue weighted by atomic mass is 16.3. The molecule has 0 amide bonds. The number of nitrogens with one attached hydrogen (secondary N) is 1. The summed E-state index contributed by atoms with van der Waals surface area (Å²) in [6.07, 6.45) is 13.2. The van der Waals surface area contributed by atoms with Crippen molar-refractivity contribution in [1.82, 2.24) is 14.9 Å². The number of hydrogen-bond donors (Lipinski definition) is 2. The van der Waals surface area contributed by atoms with Crippen LogP contribution in [0.1, 0.15) is 57.8 Å². The molecule has 1 unspecified atom stereocenters. The summed E-state index contributed by atoms with van der Waals surface area (Å²) >= 11 is 0. The average molecular weight is 374 g/mol. The molecule has 6 heteroatoms. The third-order valence-electron chi connectivity index (χ3n) is 6.72. The molecule has 3 fully saturated rings. The van der Waals surface area contributed by atoms with Crippen LogP contribution < -0.4 is 10.2 Å². The molecule has 1 aromatic rings. The first-order chi connectivity index (χ1) is 13.3. The van der Waals surface area contributed by atoms with Crippen molar-refractivity contribution < 1.29 is 5.11 Å². The van der Waals surface area contributed by atoms with E-state index in [4.69, 9.17) is 0 Å². The number of likely N-dealkylation sites (tertiary alicyclic amines) is 1. The zero-order chi connectivity index (χ0) is 18.5. The van der Waals surface area contributed by atoms with Gasteiger partial charge in [-0.3, -0.25) is 0 Å². The van der Waals surface area contributed by atoms with Crippen LogP contribution in [0.15, 0.2) is 12.4 Å². The summed E-state index contributed by atoms with van der Waals surface area (Å²) in [4.78, 5) is 13.9. The molecule has 0 spiro atoms. The van der Waals surface area contributed by atoms with Gasteiger partial charge in [-0.2, -0.15) is 0 Å². The highest BCUT2D eigenvalue weighted by Crippen LogP contribution is 2.27. The van der Waals surface area contributed by atoms with Crippen molar-refractivity contribution in [2.24, 2.45) is 5.92 Å². The number of anilines is 2. The van der Waals surface area contributed by atoms with E-state index in [1.54, 1.807) is 6.33 Å². The SMILES string of the molecule is OCC1CCCCN1c1cc(NC2CCN(CC3CCCC3)CC2)ncn1. The van der Waals surface area contributed by atoms with Crippen molar-refractivity contribution in [2.75, 3.05) is 43.0 Å². The van der Waals surface area contributed by atoms with Gasteiger partial charge in [-0.05, 0) is 50.9 Å². The van der Waals surface area contributed by atoms with E-state index < -0.39 is 0 Å². The van der Waals surface area contributed by atoms with Gasteiger partial charge in [0.25, 0.3) is 0 Å². The second-order valence-corrected chi connectivity index (χ2v) is 8.66. The topological polar surface area (TPSA) is 64.5 Å². The Labute approximate surface area is 163 Å². The van der Waals surface area contributed by atoms with Crippen molar-refractivity contribution in [3.8, 4) is 0 Å². The summed E-state index contributed by atoms with van der Waals surface area (Å²) in [5.41, 5.74) is 0. The summed E-state index contributed by atoms with van der Waals surface area (Å²) in [7, 11) is 0. The molecule has 0 aromatic carbocycles. The summed E-state index contributed by atoms with van der Waals surface area (Å²) < 4.78 is 0. The number of aromatic nitrogens is 2. The van der Waals surface area contributed by atoms with Crippen molar-refractivity contribution in [3.63, 3.8) is 0 Å². The van der Waals surface area contributed by atoms with Crippen LogP contribution >= 0.6 is 0 Å². The molecular weight excluding hydrogens is 338 g/mol. The molecule has 6 nitrogen and oxygen atoms in total. The van der Waals surface area contributed by atoms with Crippen LogP contribution in [0.5, 0.6) is 0 Å². The number of hydrogen-bond acceptors (Lipinski definition) is 6. The van der Waals surface area contributed by atoms with E-state index in [9.17, 15) is 5.11 Å². The normalized spacial score (nSPS) is 25.8. The maximum Gasteiger partial charge on any atom is 0.134 e. The fourth-order valence-electron chi connectivity index (χ4n) is 5.10. The number of aliphatic hydroxyl groups is 1. The van der Waals surface area contributed by atoms with Gasteiger partial charge in [-0.15, -0.1) is 0 Å². The van der Waals surface area contributed by atoms with Gasteiger partial charge in [0.2, 0.25) is 0 Å². The van der Waals surface area contributed by atoms with E-state index >= 15 is 0 Å². The van der Waals surface area contributed by atoms with E-state index in [0.29, 0.717) is 6.04 Å². The van der Waals surface area contributed by atoms with Crippen molar-refractivity contribution >= 4 is 11.6 Å². The Balaban J connectivity index is 1.29. The minimum absolute atomic E-state index is 0.195. The predicted molar refractivity (Wildman–Crippen MR) is 109 cm³/mol. The third kappa shape index (κ3) is 4.91. The van der Waals surface area contributed by atoms with Crippen LogP contribution in [-0.4, -0.2) is 64.8 Å². The molecule has 2 N–H and O–H groups in total. The highest BCUT2D eigenvalue weighted by molar-refractivity contribution is 5.50. The van der Waals surface area contributed by atoms with Gasteiger partial charge in [0, 0.05) is 38.3 Å². The molecule has 2 aliphatic heterocycles. The Bertz CT molecular complexity index is 584. The van der Waals surface area contributed by atoms with Crippen LogP contribution in [-0.2, 0) is 0 Å². The molecule has 1 aliphatic carbocycles. The van der Waals surface area contributed by atoms with Gasteiger partial charge in [0.05, 0.1) is 12.6 Å². The lowest BCUT2D eigenvalue weighted by Crippen LogP contribution is -2.42. The number of nitrogens with zero attached hydrogens (tertiary/aromatic N) is 4. The van der Waals surface area contributed by atoms with Gasteiger partial charge in [0.1, 0.15) is 18.0 Å². The molecule has 150 valence electrons. The van der Waals surface area contributed by atoms with Gasteiger partial charge in [0.15, 0.2) is 0 Å². The fraction of sp³-hybridized carbons (Fsp3) is 0.810. The van der Waals surface area contributed by atoms with Crippen LogP contribution in [0.25, 0.3) is 0 Å². The minimum Gasteiger partial charge on any atom is -0.394 e. The van der Waals surface area contributed by atoms with Crippen molar-refractivity contribution in [2.45, 2.75) is 69.9 Å². The molecule has 1 atom stereocenters. The summed E-state index contributed by atoms with van der Waals surface area (Å²) in [5.74, 6) is 2.82. The molecule has 0 radical (unpaired) electrons. The van der Waals surface area contributed by atoms with E-state index in [1.165, 1.54) is 71.0 Å². The van der Waals surface area contributed by atoms with E-state index in [-0.39, 0.29) is 12.6 Å². The third-order valence-corrected chi connectivity index (χ3v) is 6.72. The van der Waals surface area contributed by atoms with Crippen LogP contribution in [0, 0.1) is 5.92 Å². The lowest BCUT2D eigenvalue weighted by atomic mass is 10.0. The molecule has 27 heavy (non-hydrogen) atoms. The molecule has 4 rings (SSSR count). The zero-order valence-corrected chi connectivity index (χ0v) is 16.5. The summed E-state index contributed by atoms with van der Waals surface area (Å²) in [6.45, 7) is 4.88. The Morgan fingerprint density at radius 1 is 0.963 bits per heavy atom.